The van der Waals surface area contributed by atoms with Crippen molar-refractivity contribution in [1.82, 2.24) is 0 Å². The summed E-state index contributed by atoms with van der Waals surface area (Å²) in [5.41, 5.74) is 0.628. The molecule has 0 aromatic heterocycles. The first-order valence-corrected chi connectivity index (χ1v) is 5.97. The third kappa shape index (κ3) is 4.06. The predicted molar refractivity (Wildman–Crippen MR) is 70.4 cm³/mol. The highest BCUT2D eigenvalue weighted by molar-refractivity contribution is 5.59. The first-order chi connectivity index (χ1) is 8.54. The molecule has 0 amide bonds. The van der Waals surface area contributed by atoms with E-state index in [1.165, 1.54) is 12.1 Å². The normalized spacial score (nSPS) is 10.1. The Balaban J connectivity index is 2.65. The highest BCUT2D eigenvalue weighted by atomic mass is 16.6. The molecule has 96 valence electrons. The Labute approximate surface area is 107 Å². The topological polar surface area (TPSA) is 79.0 Å². The van der Waals surface area contributed by atoms with Crippen molar-refractivity contribution in [2.24, 2.45) is 5.92 Å². The maximum absolute atomic E-state index is 10.8. The molecular weight excluding hydrogens is 230 g/mol. The van der Waals surface area contributed by atoms with Gasteiger partial charge in [-0.1, -0.05) is 13.8 Å². The van der Waals surface area contributed by atoms with Crippen molar-refractivity contribution in [3.8, 4) is 6.07 Å². The van der Waals surface area contributed by atoms with Crippen LogP contribution < -0.4 is 5.32 Å². The molecule has 0 aliphatic rings. The number of hydrogen-bond donors (Lipinski definition) is 1. The number of nitro groups is 1. The molecule has 1 aromatic carbocycles. The Morgan fingerprint density at radius 1 is 1.50 bits per heavy atom. The number of rotatable bonds is 6. The molecule has 0 aliphatic heterocycles. The van der Waals surface area contributed by atoms with Crippen LogP contribution in [0.2, 0.25) is 0 Å². The smallest absolute Gasteiger partial charge is 0.289 e. The first kappa shape index (κ1) is 14.0. The Hall–Kier alpha value is -2.09. The summed E-state index contributed by atoms with van der Waals surface area (Å²) in [6, 6.07) is 6.40. The van der Waals surface area contributed by atoms with E-state index in [0.29, 0.717) is 11.6 Å². The fourth-order valence-corrected chi connectivity index (χ4v) is 1.63. The minimum Gasteiger partial charge on any atom is -0.385 e. The van der Waals surface area contributed by atoms with E-state index in [1.807, 2.05) is 6.07 Å². The van der Waals surface area contributed by atoms with Gasteiger partial charge >= 0.3 is 0 Å². The molecule has 0 radical (unpaired) electrons. The average molecular weight is 247 g/mol. The van der Waals surface area contributed by atoms with Crippen molar-refractivity contribution in [3.05, 3.63) is 33.9 Å². The van der Waals surface area contributed by atoms with Gasteiger partial charge in [0.25, 0.3) is 5.69 Å². The number of anilines is 1. The van der Waals surface area contributed by atoms with E-state index in [4.69, 9.17) is 5.26 Å². The fourth-order valence-electron chi connectivity index (χ4n) is 1.63. The van der Waals surface area contributed by atoms with Crippen LogP contribution >= 0.6 is 0 Å². The highest BCUT2D eigenvalue weighted by Crippen LogP contribution is 2.22. The summed E-state index contributed by atoms with van der Waals surface area (Å²) in [5.74, 6) is 0.655. The molecular formula is C13H17N3O2. The average Bonchev–Trinajstić information content (AvgIpc) is 2.34. The summed E-state index contributed by atoms with van der Waals surface area (Å²) >= 11 is 0. The van der Waals surface area contributed by atoms with E-state index in [9.17, 15) is 10.1 Å². The maximum Gasteiger partial charge on any atom is 0.289 e. The van der Waals surface area contributed by atoms with Crippen molar-refractivity contribution in [2.45, 2.75) is 26.7 Å². The zero-order valence-corrected chi connectivity index (χ0v) is 10.6. The van der Waals surface area contributed by atoms with Gasteiger partial charge in [0.15, 0.2) is 0 Å². The highest BCUT2D eigenvalue weighted by Gasteiger charge is 2.13. The zero-order chi connectivity index (χ0) is 13.5. The standard InChI is InChI=1S/C13H17N3O2/c1-10(2)4-3-7-15-12-6-5-11(9-14)13(8-12)16(17)18/h5-6,8,10,15H,3-4,7H2,1-2H3. The van der Waals surface area contributed by atoms with E-state index < -0.39 is 4.92 Å². The second kappa shape index (κ2) is 6.60. The molecule has 1 aromatic rings. The van der Waals surface area contributed by atoms with Crippen LogP contribution in [0.25, 0.3) is 0 Å². The molecule has 0 saturated heterocycles. The number of nitro benzene ring substituents is 1. The van der Waals surface area contributed by atoms with Crippen LogP contribution in [-0.4, -0.2) is 11.5 Å². The third-order valence-corrected chi connectivity index (χ3v) is 2.60. The molecule has 0 saturated carbocycles. The van der Waals surface area contributed by atoms with Gasteiger partial charge in [0, 0.05) is 18.3 Å². The summed E-state index contributed by atoms with van der Waals surface area (Å²) in [5, 5.41) is 22.7. The number of nitrogens with one attached hydrogen (secondary N) is 1. The lowest BCUT2D eigenvalue weighted by molar-refractivity contribution is -0.385. The largest absolute Gasteiger partial charge is 0.385 e. The van der Waals surface area contributed by atoms with Crippen LogP contribution in [-0.2, 0) is 0 Å². The van der Waals surface area contributed by atoms with Gasteiger partial charge < -0.3 is 5.32 Å². The summed E-state index contributed by atoms with van der Waals surface area (Å²) < 4.78 is 0. The lowest BCUT2D eigenvalue weighted by atomic mass is 10.1. The van der Waals surface area contributed by atoms with E-state index >= 15 is 0 Å². The van der Waals surface area contributed by atoms with E-state index in [0.717, 1.165) is 19.4 Å². The zero-order valence-electron chi connectivity index (χ0n) is 10.6. The summed E-state index contributed by atoms with van der Waals surface area (Å²) in [6.07, 6.45) is 2.14. The number of hydrogen-bond acceptors (Lipinski definition) is 4. The van der Waals surface area contributed by atoms with Crippen LogP contribution in [0.15, 0.2) is 18.2 Å². The SMILES string of the molecule is CC(C)CCCNc1ccc(C#N)c([N+](=O)[O-])c1. The Morgan fingerprint density at radius 2 is 2.22 bits per heavy atom. The van der Waals surface area contributed by atoms with Gasteiger partial charge in [-0.2, -0.15) is 5.26 Å². The van der Waals surface area contributed by atoms with Gasteiger partial charge in [-0.25, -0.2) is 0 Å². The molecule has 0 spiro atoms. The van der Waals surface area contributed by atoms with Crippen LogP contribution in [0.4, 0.5) is 11.4 Å². The minimum atomic E-state index is -0.530. The lowest BCUT2D eigenvalue weighted by Gasteiger charge is -2.08. The van der Waals surface area contributed by atoms with Gasteiger partial charge in [0.05, 0.1) is 4.92 Å². The summed E-state index contributed by atoms with van der Waals surface area (Å²) in [6.45, 7) is 5.10. The van der Waals surface area contributed by atoms with Gasteiger partial charge in [-0.3, -0.25) is 10.1 Å². The van der Waals surface area contributed by atoms with Crippen LogP contribution in [0.1, 0.15) is 32.3 Å². The number of nitriles is 1. The summed E-state index contributed by atoms with van der Waals surface area (Å²) in [7, 11) is 0. The maximum atomic E-state index is 10.8. The second-order valence-electron chi connectivity index (χ2n) is 4.56. The van der Waals surface area contributed by atoms with Gasteiger partial charge in [0.1, 0.15) is 11.6 Å². The molecule has 5 nitrogen and oxygen atoms in total. The van der Waals surface area contributed by atoms with Crippen molar-refractivity contribution in [3.63, 3.8) is 0 Å². The van der Waals surface area contributed by atoms with Gasteiger partial charge in [0.2, 0.25) is 0 Å². The van der Waals surface area contributed by atoms with Crippen molar-refractivity contribution < 1.29 is 4.92 Å². The predicted octanol–water partition coefficient (Wildman–Crippen LogP) is 3.31. The molecule has 5 heteroatoms. The molecule has 0 unspecified atom stereocenters. The third-order valence-electron chi connectivity index (χ3n) is 2.60. The van der Waals surface area contributed by atoms with Crippen molar-refractivity contribution >= 4 is 11.4 Å². The second-order valence-corrected chi connectivity index (χ2v) is 4.56. The molecule has 0 atom stereocenters. The van der Waals surface area contributed by atoms with E-state index in [-0.39, 0.29) is 11.3 Å². The Bertz CT molecular complexity index is 464. The monoisotopic (exact) mass is 247 g/mol. The van der Waals surface area contributed by atoms with E-state index in [1.54, 1.807) is 6.07 Å². The molecule has 0 fully saturated rings. The minimum absolute atomic E-state index is 0.0905. The molecule has 18 heavy (non-hydrogen) atoms. The van der Waals surface area contributed by atoms with Crippen LogP contribution in [0.5, 0.6) is 0 Å². The number of nitrogens with zero attached hydrogens (tertiary/aromatic N) is 2. The summed E-state index contributed by atoms with van der Waals surface area (Å²) in [4.78, 5) is 10.2. The molecule has 1 rings (SSSR count). The first-order valence-electron chi connectivity index (χ1n) is 5.97. The molecule has 0 aliphatic carbocycles. The lowest BCUT2D eigenvalue weighted by Crippen LogP contribution is -2.04. The van der Waals surface area contributed by atoms with Crippen LogP contribution in [0, 0.1) is 27.4 Å². The molecule has 0 bridgehead atoms. The Morgan fingerprint density at radius 3 is 2.78 bits per heavy atom. The fraction of sp³-hybridized carbons (Fsp3) is 0.462. The van der Waals surface area contributed by atoms with Crippen molar-refractivity contribution in [1.29, 1.82) is 5.26 Å². The van der Waals surface area contributed by atoms with E-state index in [2.05, 4.69) is 19.2 Å². The Kier molecular flexibility index (Phi) is 5.12. The van der Waals surface area contributed by atoms with Gasteiger partial charge in [-0.05, 0) is 30.9 Å². The number of benzene rings is 1. The van der Waals surface area contributed by atoms with Gasteiger partial charge in [-0.15, -0.1) is 0 Å². The molecule has 1 N–H and O–H groups in total. The quantitative estimate of drug-likeness (QED) is 0.475. The molecule has 0 heterocycles. The van der Waals surface area contributed by atoms with Crippen molar-refractivity contribution in [2.75, 3.05) is 11.9 Å². The van der Waals surface area contributed by atoms with Crippen LogP contribution in [0.3, 0.4) is 0 Å².